The van der Waals surface area contributed by atoms with E-state index in [0.29, 0.717) is 44.0 Å². The summed E-state index contributed by atoms with van der Waals surface area (Å²) in [6.07, 6.45) is 2.99. The van der Waals surface area contributed by atoms with Gasteiger partial charge in [0, 0.05) is 57.5 Å². The Labute approximate surface area is 180 Å². The van der Waals surface area contributed by atoms with Gasteiger partial charge in [0.1, 0.15) is 11.7 Å². The molecule has 0 aromatic carbocycles. The lowest BCUT2D eigenvalue weighted by molar-refractivity contribution is -0.137. The second-order valence-corrected chi connectivity index (χ2v) is 8.57. The molecule has 0 N–H and O–H groups in total. The van der Waals surface area contributed by atoms with Gasteiger partial charge in [-0.25, -0.2) is 18.4 Å². The maximum atomic E-state index is 12.7. The fourth-order valence-electron chi connectivity index (χ4n) is 2.94. The summed E-state index contributed by atoms with van der Waals surface area (Å²) >= 11 is 0. The standard InChI is InChI=1S/C20H26F3N5O2S/c1-3-10-25-18(24-2)7-5-4-6-15-31(29,30)28-13-11-27(12-14-28)19-9-8-17(16-26-19)20(21,22)23/h3,6,8-10,15-16H,1,4-5,7,11-14H2,2H3/b15-6+,24-18?,25-10?. The van der Waals surface area contributed by atoms with Gasteiger partial charge in [0.2, 0.25) is 10.0 Å². The van der Waals surface area contributed by atoms with E-state index in [0.717, 1.165) is 12.3 Å². The van der Waals surface area contributed by atoms with E-state index >= 15 is 0 Å². The van der Waals surface area contributed by atoms with E-state index < -0.39 is 21.8 Å². The molecule has 0 saturated carbocycles. The summed E-state index contributed by atoms with van der Waals surface area (Å²) in [6, 6.07) is 2.28. The molecule has 0 radical (unpaired) electrons. The number of hydrogen-bond donors (Lipinski definition) is 0. The number of piperazine rings is 1. The van der Waals surface area contributed by atoms with Gasteiger partial charge in [0.05, 0.1) is 5.56 Å². The minimum Gasteiger partial charge on any atom is -0.354 e. The molecule has 0 bridgehead atoms. The van der Waals surface area contributed by atoms with Crippen LogP contribution in [-0.4, -0.2) is 63.0 Å². The second-order valence-electron chi connectivity index (χ2n) is 6.75. The maximum Gasteiger partial charge on any atom is 0.417 e. The molecule has 7 nitrogen and oxygen atoms in total. The Bertz CT molecular complexity index is 917. The zero-order valence-corrected chi connectivity index (χ0v) is 18.1. The van der Waals surface area contributed by atoms with Crippen molar-refractivity contribution in [2.24, 2.45) is 9.98 Å². The quantitative estimate of drug-likeness (QED) is 0.340. The molecular formula is C20H26F3N5O2S. The number of pyridine rings is 1. The van der Waals surface area contributed by atoms with Crippen LogP contribution in [0.5, 0.6) is 0 Å². The molecule has 0 spiro atoms. The number of sulfonamides is 1. The van der Waals surface area contributed by atoms with Crippen LogP contribution in [0.1, 0.15) is 24.8 Å². The number of amidine groups is 1. The molecule has 1 saturated heterocycles. The van der Waals surface area contributed by atoms with Crippen LogP contribution in [0.2, 0.25) is 0 Å². The number of nitrogens with zero attached hydrogens (tertiary/aromatic N) is 5. The molecule has 1 fully saturated rings. The molecule has 170 valence electrons. The van der Waals surface area contributed by atoms with E-state index in [1.54, 1.807) is 30.3 Å². The number of aliphatic imine (C=N–C) groups is 2. The number of rotatable bonds is 8. The van der Waals surface area contributed by atoms with Crippen molar-refractivity contribution >= 4 is 27.9 Å². The SMILES string of the molecule is C=CC=NC(CCC/C=C/S(=O)(=O)N1CCN(c2ccc(C(F)(F)F)cn2)CC1)=NC. The molecule has 2 heterocycles. The first-order valence-electron chi connectivity index (χ1n) is 9.73. The lowest BCUT2D eigenvalue weighted by Crippen LogP contribution is -2.48. The second kappa shape index (κ2) is 11.2. The van der Waals surface area contributed by atoms with Crippen molar-refractivity contribution in [2.75, 3.05) is 38.1 Å². The predicted octanol–water partition coefficient (Wildman–Crippen LogP) is 3.52. The van der Waals surface area contributed by atoms with Gasteiger partial charge in [-0.1, -0.05) is 18.7 Å². The van der Waals surface area contributed by atoms with Gasteiger partial charge in [0.25, 0.3) is 0 Å². The summed E-state index contributed by atoms with van der Waals surface area (Å²) in [4.78, 5) is 13.8. The third kappa shape index (κ3) is 7.59. The van der Waals surface area contributed by atoms with Gasteiger partial charge in [0.15, 0.2) is 0 Å². The van der Waals surface area contributed by atoms with Crippen molar-refractivity contribution in [1.29, 1.82) is 0 Å². The Kier molecular flexibility index (Phi) is 8.93. The van der Waals surface area contributed by atoms with Crippen LogP contribution < -0.4 is 4.90 Å². The number of halogens is 3. The van der Waals surface area contributed by atoms with E-state index in [4.69, 9.17) is 0 Å². The molecule has 1 aliphatic rings. The summed E-state index contributed by atoms with van der Waals surface area (Å²) in [7, 11) is -1.90. The molecule has 31 heavy (non-hydrogen) atoms. The number of alkyl halides is 3. The fraction of sp³-hybridized carbons (Fsp3) is 0.450. The van der Waals surface area contributed by atoms with Crippen LogP contribution in [0, 0.1) is 0 Å². The molecule has 1 aliphatic heterocycles. The number of aromatic nitrogens is 1. The maximum absolute atomic E-state index is 12.7. The highest BCUT2D eigenvalue weighted by Crippen LogP contribution is 2.29. The molecule has 0 unspecified atom stereocenters. The van der Waals surface area contributed by atoms with Gasteiger partial charge in [-0.3, -0.25) is 4.99 Å². The Morgan fingerprint density at radius 2 is 1.97 bits per heavy atom. The monoisotopic (exact) mass is 457 g/mol. The van der Waals surface area contributed by atoms with Crippen LogP contribution >= 0.6 is 0 Å². The van der Waals surface area contributed by atoms with E-state index in [9.17, 15) is 21.6 Å². The molecule has 0 atom stereocenters. The highest BCUT2D eigenvalue weighted by atomic mass is 32.2. The zero-order valence-electron chi connectivity index (χ0n) is 17.3. The predicted molar refractivity (Wildman–Crippen MR) is 117 cm³/mol. The van der Waals surface area contributed by atoms with Gasteiger partial charge in [-0.2, -0.15) is 17.5 Å². The van der Waals surface area contributed by atoms with E-state index in [2.05, 4.69) is 21.5 Å². The number of hydrogen-bond acceptors (Lipinski definition) is 5. The Morgan fingerprint density at radius 1 is 1.26 bits per heavy atom. The minimum atomic E-state index is -4.44. The van der Waals surface area contributed by atoms with Crippen molar-refractivity contribution in [3.63, 3.8) is 0 Å². The summed E-state index contributed by atoms with van der Waals surface area (Å²) in [6.45, 7) is 4.72. The number of anilines is 1. The van der Waals surface area contributed by atoms with Crippen molar-refractivity contribution in [3.8, 4) is 0 Å². The summed E-state index contributed by atoms with van der Waals surface area (Å²) < 4.78 is 64.3. The van der Waals surface area contributed by atoms with Gasteiger partial charge in [-0.15, -0.1) is 0 Å². The van der Waals surface area contributed by atoms with Crippen LogP contribution in [0.25, 0.3) is 0 Å². The molecular weight excluding hydrogens is 431 g/mol. The molecule has 11 heteroatoms. The van der Waals surface area contributed by atoms with Crippen molar-refractivity contribution < 1.29 is 21.6 Å². The topological polar surface area (TPSA) is 78.2 Å². The highest BCUT2D eigenvalue weighted by Gasteiger charge is 2.31. The van der Waals surface area contributed by atoms with Crippen molar-refractivity contribution in [2.45, 2.75) is 25.4 Å². The van der Waals surface area contributed by atoms with Crippen molar-refractivity contribution in [3.05, 3.63) is 48.0 Å². The lowest BCUT2D eigenvalue weighted by atomic mass is 10.2. The van der Waals surface area contributed by atoms with Gasteiger partial charge >= 0.3 is 6.18 Å². The summed E-state index contributed by atoms with van der Waals surface area (Å²) in [5.41, 5.74) is -0.813. The van der Waals surface area contributed by atoms with E-state index in [1.165, 1.54) is 15.8 Å². The Hall–Kier alpha value is -2.53. The fourth-order valence-corrected chi connectivity index (χ4v) is 4.16. The van der Waals surface area contributed by atoms with E-state index in [-0.39, 0.29) is 13.1 Å². The smallest absolute Gasteiger partial charge is 0.354 e. The molecule has 0 aliphatic carbocycles. The Balaban J connectivity index is 1.83. The minimum absolute atomic E-state index is 0.234. The van der Waals surface area contributed by atoms with Crippen molar-refractivity contribution in [1.82, 2.24) is 9.29 Å². The first-order chi connectivity index (χ1) is 14.7. The van der Waals surface area contributed by atoms with Gasteiger partial charge < -0.3 is 4.90 Å². The molecule has 1 aromatic rings. The molecule has 1 aromatic heterocycles. The highest BCUT2D eigenvalue weighted by molar-refractivity contribution is 7.92. The third-order valence-corrected chi connectivity index (χ3v) is 6.25. The average molecular weight is 458 g/mol. The summed E-state index contributed by atoms with van der Waals surface area (Å²) in [5, 5.41) is 1.20. The largest absolute Gasteiger partial charge is 0.417 e. The van der Waals surface area contributed by atoms with Gasteiger partial charge in [-0.05, 0) is 25.0 Å². The normalized spacial score (nSPS) is 17.0. The lowest BCUT2D eigenvalue weighted by Gasteiger charge is -2.34. The zero-order chi connectivity index (χ0) is 22.9. The average Bonchev–Trinajstić information content (AvgIpc) is 2.75. The van der Waals surface area contributed by atoms with Crippen LogP contribution in [0.3, 0.4) is 0 Å². The van der Waals surface area contributed by atoms with E-state index in [1.807, 2.05) is 0 Å². The Morgan fingerprint density at radius 3 is 2.52 bits per heavy atom. The van der Waals surface area contributed by atoms with Crippen LogP contribution in [0.15, 0.2) is 52.5 Å². The molecule has 0 amide bonds. The number of unbranched alkanes of at least 4 members (excludes halogenated alkanes) is 1. The number of allylic oxidation sites excluding steroid dienone is 2. The van der Waals surface area contributed by atoms with Crippen LogP contribution in [0.4, 0.5) is 19.0 Å². The first kappa shape index (κ1) is 24.7. The van der Waals surface area contributed by atoms with Crippen LogP contribution in [-0.2, 0) is 16.2 Å². The summed E-state index contributed by atoms with van der Waals surface area (Å²) in [5.74, 6) is 1.07. The first-order valence-corrected chi connectivity index (χ1v) is 11.2. The third-order valence-electron chi connectivity index (χ3n) is 4.62. The molecule has 2 rings (SSSR count).